The first kappa shape index (κ1) is 6.05. The van der Waals surface area contributed by atoms with Gasteiger partial charge in [-0.3, -0.25) is 0 Å². The Morgan fingerprint density at radius 2 is 1.88 bits per heavy atom. The fraction of sp³-hybridized carbons (Fsp3) is 1.00. The maximum atomic E-state index is 9.20. The van der Waals surface area contributed by atoms with Crippen LogP contribution in [0.3, 0.4) is 0 Å². The van der Waals surface area contributed by atoms with Gasteiger partial charge >= 0.3 is 0 Å². The highest BCUT2D eigenvalue weighted by Crippen LogP contribution is 2.31. The van der Waals surface area contributed by atoms with Crippen LogP contribution in [0.15, 0.2) is 0 Å². The van der Waals surface area contributed by atoms with Gasteiger partial charge in [-0.25, -0.2) is 0 Å². The van der Waals surface area contributed by atoms with E-state index < -0.39 is 5.60 Å². The van der Waals surface area contributed by atoms with E-state index in [4.69, 9.17) is 4.74 Å². The quantitative estimate of drug-likeness (QED) is 0.507. The van der Waals surface area contributed by atoms with Crippen LogP contribution in [0.25, 0.3) is 0 Å². The number of rotatable bonds is 1. The van der Waals surface area contributed by atoms with Crippen molar-refractivity contribution in [2.45, 2.75) is 38.6 Å². The van der Waals surface area contributed by atoms with Crippen LogP contribution in [0.1, 0.15) is 20.8 Å². The Labute approximate surface area is 49.5 Å². The van der Waals surface area contributed by atoms with Crippen LogP contribution in [-0.4, -0.2) is 22.9 Å². The van der Waals surface area contributed by atoms with Gasteiger partial charge in [0.05, 0.1) is 11.7 Å². The van der Waals surface area contributed by atoms with Crippen LogP contribution in [0.2, 0.25) is 0 Å². The van der Waals surface area contributed by atoms with Crippen LogP contribution < -0.4 is 0 Å². The van der Waals surface area contributed by atoms with Gasteiger partial charge in [-0.2, -0.15) is 0 Å². The van der Waals surface area contributed by atoms with Crippen LogP contribution in [-0.2, 0) is 4.74 Å². The van der Waals surface area contributed by atoms with Crippen LogP contribution in [0, 0.1) is 0 Å². The van der Waals surface area contributed by atoms with Crippen LogP contribution in [0.4, 0.5) is 0 Å². The summed E-state index contributed by atoms with van der Waals surface area (Å²) in [5, 5.41) is 9.20. The van der Waals surface area contributed by atoms with E-state index in [9.17, 15) is 5.11 Å². The molecule has 2 heteroatoms. The van der Waals surface area contributed by atoms with E-state index in [0.29, 0.717) is 0 Å². The number of ether oxygens (including phenoxy) is 1. The van der Waals surface area contributed by atoms with Crippen molar-refractivity contribution in [2.75, 3.05) is 0 Å². The van der Waals surface area contributed by atoms with Crippen molar-refractivity contribution in [3.63, 3.8) is 0 Å². The smallest absolute Gasteiger partial charge is 0.112 e. The molecule has 0 aromatic heterocycles. The van der Waals surface area contributed by atoms with Crippen molar-refractivity contribution in [1.82, 2.24) is 0 Å². The molecule has 1 fully saturated rings. The van der Waals surface area contributed by atoms with E-state index in [1.165, 1.54) is 0 Å². The highest BCUT2D eigenvalue weighted by Gasteiger charge is 2.45. The van der Waals surface area contributed by atoms with Gasteiger partial charge in [-0.1, -0.05) is 0 Å². The number of hydrogen-bond acceptors (Lipinski definition) is 2. The minimum absolute atomic E-state index is 0.0718. The zero-order valence-corrected chi connectivity index (χ0v) is 5.51. The number of epoxide rings is 1. The van der Waals surface area contributed by atoms with E-state index in [-0.39, 0.29) is 12.2 Å². The number of aliphatic hydroxyl groups is 1. The molecule has 1 rings (SSSR count). The maximum Gasteiger partial charge on any atom is 0.112 e. The van der Waals surface area contributed by atoms with E-state index in [2.05, 4.69) is 0 Å². The molecule has 1 N–H and O–H groups in total. The summed E-state index contributed by atoms with van der Waals surface area (Å²) in [5.74, 6) is 0. The molecule has 0 aromatic rings. The predicted molar refractivity (Wildman–Crippen MR) is 30.6 cm³/mol. The third-order valence-corrected chi connectivity index (χ3v) is 1.41. The molecule has 1 aliphatic rings. The second-order valence-electron chi connectivity index (χ2n) is 2.92. The average molecular weight is 116 g/mol. The third-order valence-electron chi connectivity index (χ3n) is 1.41. The molecule has 0 amide bonds. The lowest BCUT2D eigenvalue weighted by molar-refractivity contribution is 0.0482. The van der Waals surface area contributed by atoms with E-state index in [1.807, 2.05) is 6.92 Å². The Morgan fingerprint density at radius 3 is 1.88 bits per heavy atom. The molecule has 8 heavy (non-hydrogen) atoms. The van der Waals surface area contributed by atoms with Gasteiger partial charge in [-0.05, 0) is 20.8 Å². The second-order valence-corrected chi connectivity index (χ2v) is 2.92. The summed E-state index contributed by atoms with van der Waals surface area (Å²) in [6.45, 7) is 5.49. The number of hydrogen-bond donors (Lipinski definition) is 1. The van der Waals surface area contributed by atoms with Crippen molar-refractivity contribution < 1.29 is 9.84 Å². The zero-order valence-electron chi connectivity index (χ0n) is 5.51. The van der Waals surface area contributed by atoms with E-state index in [0.717, 1.165) is 0 Å². The first-order valence-electron chi connectivity index (χ1n) is 2.89. The first-order chi connectivity index (χ1) is 3.52. The highest BCUT2D eigenvalue weighted by atomic mass is 16.6. The Hall–Kier alpha value is -0.0800. The summed E-state index contributed by atoms with van der Waals surface area (Å²) in [6, 6.07) is 0. The van der Waals surface area contributed by atoms with E-state index in [1.54, 1.807) is 13.8 Å². The lowest BCUT2D eigenvalue weighted by atomic mass is 10.0. The van der Waals surface area contributed by atoms with Gasteiger partial charge in [0.25, 0.3) is 0 Å². The SMILES string of the molecule is C[C@@H]1O[C@@H]1C(C)(C)O. The summed E-state index contributed by atoms with van der Waals surface area (Å²) in [7, 11) is 0. The van der Waals surface area contributed by atoms with Gasteiger partial charge in [-0.15, -0.1) is 0 Å². The lowest BCUT2D eigenvalue weighted by Crippen LogP contribution is -2.27. The van der Waals surface area contributed by atoms with Gasteiger partial charge < -0.3 is 9.84 Å². The molecule has 0 aliphatic carbocycles. The summed E-state index contributed by atoms with van der Waals surface area (Å²) < 4.78 is 5.03. The fourth-order valence-corrected chi connectivity index (χ4v) is 0.927. The molecule has 0 bridgehead atoms. The molecular formula is C6H12O2. The molecule has 0 saturated carbocycles. The molecular weight excluding hydrogens is 104 g/mol. The van der Waals surface area contributed by atoms with Gasteiger partial charge in [0, 0.05) is 0 Å². The van der Waals surface area contributed by atoms with Crippen LogP contribution in [0.5, 0.6) is 0 Å². The standard InChI is InChI=1S/C6H12O2/c1-4-5(8-4)6(2,3)7/h4-5,7H,1-3H3/t4-,5-/m0/s1. The summed E-state index contributed by atoms with van der Waals surface area (Å²) in [4.78, 5) is 0. The minimum Gasteiger partial charge on any atom is -0.388 e. The van der Waals surface area contributed by atoms with Gasteiger partial charge in [0.2, 0.25) is 0 Å². The van der Waals surface area contributed by atoms with Gasteiger partial charge in [0.15, 0.2) is 0 Å². The lowest BCUT2D eigenvalue weighted by Gasteiger charge is -2.12. The molecule has 0 unspecified atom stereocenters. The van der Waals surface area contributed by atoms with Crippen molar-refractivity contribution in [2.24, 2.45) is 0 Å². The zero-order chi connectivity index (χ0) is 6.36. The molecule has 2 nitrogen and oxygen atoms in total. The summed E-state index contributed by atoms with van der Waals surface area (Å²) >= 11 is 0. The largest absolute Gasteiger partial charge is 0.388 e. The summed E-state index contributed by atoms with van der Waals surface area (Å²) in [6.07, 6.45) is 0.331. The normalized spacial score (nSPS) is 37.5. The molecule has 1 saturated heterocycles. The maximum absolute atomic E-state index is 9.20. The molecule has 2 atom stereocenters. The molecule has 0 spiro atoms. The third kappa shape index (κ3) is 1.01. The molecule has 1 heterocycles. The molecule has 48 valence electrons. The van der Waals surface area contributed by atoms with Crippen molar-refractivity contribution in [3.05, 3.63) is 0 Å². The first-order valence-corrected chi connectivity index (χ1v) is 2.89. The van der Waals surface area contributed by atoms with Crippen LogP contribution >= 0.6 is 0 Å². The molecule has 1 aliphatic heterocycles. The van der Waals surface area contributed by atoms with Crippen molar-refractivity contribution in [1.29, 1.82) is 0 Å². The Bertz CT molecular complexity index is 93.2. The fourth-order valence-electron chi connectivity index (χ4n) is 0.927. The highest BCUT2D eigenvalue weighted by molar-refractivity contribution is 4.93. The Balaban J connectivity index is 2.39. The molecule has 0 aromatic carbocycles. The minimum atomic E-state index is -0.639. The monoisotopic (exact) mass is 116 g/mol. The Morgan fingerprint density at radius 1 is 1.50 bits per heavy atom. The van der Waals surface area contributed by atoms with E-state index >= 15 is 0 Å². The second kappa shape index (κ2) is 1.45. The van der Waals surface area contributed by atoms with Crippen molar-refractivity contribution in [3.8, 4) is 0 Å². The average Bonchev–Trinajstić information content (AvgIpc) is 2.13. The Kier molecular flexibility index (Phi) is 1.10. The topological polar surface area (TPSA) is 32.8 Å². The summed E-state index contributed by atoms with van der Waals surface area (Å²) in [5.41, 5.74) is -0.639. The van der Waals surface area contributed by atoms with Crippen molar-refractivity contribution >= 4 is 0 Å². The molecule has 0 radical (unpaired) electrons. The van der Waals surface area contributed by atoms with Gasteiger partial charge in [0.1, 0.15) is 6.10 Å². The predicted octanol–water partition coefficient (Wildman–Crippen LogP) is 0.545.